The summed E-state index contributed by atoms with van der Waals surface area (Å²) >= 11 is 6.41. The fraction of sp³-hybridized carbons (Fsp3) is 0.304. The Labute approximate surface area is 178 Å². The van der Waals surface area contributed by atoms with Crippen LogP contribution in [0.1, 0.15) is 42.1 Å². The number of fused-ring (bicyclic) bond motifs is 3. The lowest BCUT2D eigenvalue weighted by Gasteiger charge is -2.37. The SMILES string of the molecule is COC(=O)CCCC(=O)N1CCc2c([nH]c3ccccc23)[C@@H]1c1c(F)cccc1Cl. The predicted octanol–water partition coefficient (Wildman–Crippen LogP) is 4.78. The number of para-hydroxylation sites is 1. The maximum atomic E-state index is 14.9. The third-order valence-electron chi connectivity index (χ3n) is 5.63. The Morgan fingerprint density at radius 1 is 1.20 bits per heavy atom. The summed E-state index contributed by atoms with van der Waals surface area (Å²) in [6, 6.07) is 11.8. The van der Waals surface area contributed by atoms with Crippen LogP contribution in [-0.2, 0) is 20.7 Å². The molecule has 156 valence electrons. The number of aromatic amines is 1. The molecule has 4 rings (SSSR count). The molecule has 1 aromatic heterocycles. The van der Waals surface area contributed by atoms with Gasteiger partial charge in [-0.05, 0) is 36.6 Å². The van der Waals surface area contributed by atoms with Gasteiger partial charge < -0.3 is 14.6 Å². The molecule has 0 saturated carbocycles. The lowest BCUT2D eigenvalue weighted by atomic mass is 9.91. The maximum absolute atomic E-state index is 14.9. The van der Waals surface area contributed by atoms with E-state index in [1.807, 2.05) is 24.3 Å². The van der Waals surface area contributed by atoms with E-state index in [4.69, 9.17) is 11.6 Å². The first kappa shape index (κ1) is 20.4. The zero-order valence-corrected chi connectivity index (χ0v) is 17.3. The summed E-state index contributed by atoms with van der Waals surface area (Å²) in [4.78, 5) is 29.5. The molecule has 5 nitrogen and oxygen atoms in total. The van der Waals surface area contributed by atoms with E-state index in [9.17, 15) is 14.0 Å². The number of hydrogen-bond donors (Lipinski definition) is 1. The first-order chi connectivity index (χ1) is 14.5. The van der Waals surface area contributed by atoms with Crippen molar-refractivity contribution < 1.29 is 18.7 Å². The van der Waals surface area contributed by atoms with Crippen LogP contribution < -0.4 is 0 Å². The average molecular weight is 429 g/mol. The number of methoxy groups -OCH3 is 1. The van der Waals surface area contributed by atoms with Gasteiger partial charge in [-0.3, -0.25) is 9.59 Å². The Balaban J connectivity index is 1.75. The summed E-state index contributed by atoms with van der Waals surface area (Å²) in [5.41, 5.74) is 3.09. The number of carbonyl (C=O) groups is 2. The van der Waals surface area contributed by atoms with Crippen molar-refractivity contribution in [1.82, 2.24) is 9.88 Å². The van der Waals surface area contributed by atoms with Crippen LogP contribution in [0.3, 0.4) is 0 Å². The molecule has 3 aromatic rings. The quantitative estimate of drug-likeness (QED) is 0.595. The molecule has 1 aliphatic rings. The third kappa shape index (κ3) is 3.67. The number of nitrogens with zero attached hydrogens (tertiary/aromatic N) is 1. The van der Waals surface area contributed by atoms with Gasteiger partial charge in [-0.1, -0.05) is 35.9 Å². The minimum Gasteiger partial charge on any atom is -0.469 e. The molecule has 1 amide bonds. The molecule has 0 saturated heterocycles. The molecule has 1 atom stereocenters. The van der Waals surface area contributed by atoms with Gasteiger partial charge in [-0.15, -0.1) is 0 Å². The normalized spacial score (nSPS) is 15.8. The van der Waals surface area contributed by atoms with Crippen molar-refractivity contribution in [3.63, 3.8) is 0 Å². The second-order valence-corrected chi connectivity index (χ2v) is 7.77. The molecular formula is C23H22ClFN2O3. The fourth-order valence-corrected chi connectivity index (χ4v) is 4.48. The topological polar surface area (TPSA) is 62.4 Å². The van der Waals surface area contributed by atoms with Crippen LogP contribution in [0.25, 0.3) is 10.9 Å². The number of ether oxygens (including phenoxy) is 1. The summed E-state index contributed by atoms with van der Waals surface area (Å²) in [7, 11) is 1.32. The molecule has 0 fully saturated rings. The van der Waals surface area contributed by atoms with E-state index >= 15 is 0 Å². The minimum atomic E-state index is -0.652. The number of esters is 1. The lowest BCUT2D eigenvalue weighted by molar-refractivity contribution is -0.141. The largest absolute Gasteiger partial charge is 0.469 e. The molecule has 7 heteroatoms. The third-order valence-corrected chi connectivity index (χ3v) is 5.96. The van der Waals surface area contributed by atoms with Gasteiger partial charge in [0.05, 0.1) is 7.11 Å². The van der Waals surface area contributed by atoms with E-state index in [1.54, 1.807) is 17.0 Å². The van der Waals surface area contributed by atoms with E-state index in [2.05, 4.69) is 9.72 Å². The Bertz CT molecular complexity index is 1090. The van der Waals surface area contributed by atoms with Crippen molar-refractivity contribution in [1.29, 1.82) is 0 Å². The number of halogens is 2. The average Bonchev–Trinajstić information content (AvgIpc) is 3.12. The van der Waals surface area contributed by atoms with E-state index < -0.39 is 11.9 Å². The molecule has 0 bridgehead atoms. The number of benzene rings is 2. The Kier molecular flexibility index (Phi) is 5.77. The van der Waals surface area contributed by atoms with Crippen molar-refractivity contribution in [2.24, 2.45) is 0 Å². The summed E-state index contributed by atoms with van der Waals surface area (Å²) in [5, 5.41) is 1.35. The first-order valence-corrected chi connectivity index (χ1v) is 10.3. The second kappa shape index (κ2) is 8.48. The van der Waals surface area contributed by atoms with Gasteiger partial charge in [0, 0.05) is 46.6 Å². The van der Waals surface area contributed by atoms with Gasteiger partial charge in [0.1, 0.15) is 11.9 Å². The van der Waals surface area contributed by atoms with Gasteiger partial charge in [0.25, 0.3) is 0 Å². The number of amides is 1. The summed E-state index contributed by atoms with van der Waals surface area (Å²) in [5.74, 6) is -0.952. The van der Waals surface area contributed by atoms with Crippen molar-refractivity contribution in [3.05, 3.63) is 70.1 Å². The molecule has 0 unspecified atom stereocenters. The van der Waals surface area contributed by atoms with Crippen molar-refractivity contribution in [2.75, 3.05) is 13.7 Å². The van der Waals surface area contributed by atoms with Crippen LogP contribution >= 0.6 is 11.6 Å². The van der Waals surface area contributed by atoms with E-state index in [-0.39, 0.29) is 35.3 Å². The van der Waals surface area contributed by atoms with Crippen LogP contribution in [0.2, 0.25) is 5.02 Å². The maximum Gasteiger partial charge on any atom is 0.305 e. The zero-order valence-electron chi connectivity index (χ0n) is 16.6. The Morgan fingerprint density at radius 2 is 2.00 bits per heavy atom. The second-order valence-electron chi connectivity index (χ2n) is 7.37. The highest BCUT2D eigenvalue weighted by molar-refractivity contribution is 6.31. The molecule has 2 heterocycles. The van der Waals surface area contributed by atoms with Crippen molar-refractivity contribution in [3.8, 4) is 0 Å². The molecule has 1 N–H and O–H groups in total. The Hall–Kier alpha value is -2.86. The molecule has 0 spiro atoms. The van der Waals surface area contributed by atoms with E-state index in [0.717, 1.165) is 22.2 Å². The zero-order chi connectivity index (χ0) is 21.3. The highest BCUT2D eigenvalue weighted by Crippen LogP contribution is 2.41. The number of aromatic nitrogens is 1. The standard InChI is InChI=1S/C23H22ClFN2O3/c1-30-20(29)11-5-10-19(28)27-13-12-15-14-6-2-3-9-18(14)26-22(15)23(27)21-16(24)7-4-8-17(21)25/h2-4,6-9,23,26H,5,10-13H2,1H3/t23-/m0/s1. The van der Waals surface area contributed by atoms with Gasteiger partial charge in [-0.2, -0.15) is 0 Å². The van der Waals surface area contributed by atoms with E-state index in [0.29, 0.717) is 19.4 Å². The van der Waals surface area contributed by atoms with Crippen LogP contribution in [0.15, 0.2) is 42.5 Å². The van der Waals surface area contributed by atoms with Gasteiger partial charge in [0.2, 0.25) is 5.91 Å². The first-order valence-electron chi connectivity index (χ1n) is 9.91. The van der Waals surface area contributed by atoms with Crippen LogP contribution in [-0.4, -0.2) is 35.4 Å². The molecule has 0 aliphatic carbocycles. The number of rotatable bonds is 5. The predicted molar refractivity (Wildman–Crippen MR) is 113 cm³/mol. The smallest absolute Gasteiger partial charge is 0.305 e. The Morgan fingerprint density at radius 3 is 2.77 bits per heavy atom. The highest BCUT2D eigenvalue weighted by atomic mass is 35.5. The monoisotopic (exact) mass is 428 g/mol. The van der Waals surface area contributed by atoms with Crippen molar-refractivity contribution >= 4 is 34.4 Å². The summed E-state index contributed by atoms with van der Waals surface area (Å²) in [6.45, 7) is 0.446. The number of hydrogen-bond acceptors (Lipinski definition) is 3. The van der Waals surface area contributed by atoms with Gasteiger partial charge in [0.15, 0.2) is 0 Å². The number of H-pyrrole nitrogens is 1. The lowest BCUT2D eigenvalue weighted by Crippen LogP contribution is -2.41. The highest BCUT2D eigenvalue weighted by Gasteiger charge is 2.36. The number of nitrogens with one attached hydrogen (secondary N) is 1. The summed E-state index contributed by atoms with van der Waals surface area (Å²) < 4.78 is 19.6. The molecular weight excluding hydrogens is 407 g/mol. The van der Waals surface area contributed by atoms with Crippen LogP contribution in [0.5, 0.6) is 0 Å². The number of carbonyl (C=O) groups excluding carboxylic acids is 2. The minimum absolute atomic E-state index is 0.146. The molecule has 1 aliphatic heterocycles. The fourth-order valence-electron chi connectivity index (χ4n) is 4.21. The van der Waals surface area contributed by atoms with Crippen molar-refractivity contribution in [2.45, 2.75) is 31.7 Å². The van der Waals surface area contributed by atoms with Gasteiger partial charge in [-0.25, -0.2) is 4.39 Å². The van der Waals surface area contributed by atoms with E-state index in [1.165, 1.54) is 13.2 Å². The van der Waals surface area contributed by atoms with Crippen LogP contribution in [0, 0.1) is 5.82 Å². The summed E-state index contributed by atoms with van der Waals surface area (Å²) in [6.07, 6.45) is 1.37. The van der Waals surface area contributed by atoms with Gasteiger partial charge >= 0.3 is 5.97 Å². The molecule has 30 heavy (non-hydrogen) atoms. The molecule has 2 aromatic carbocycles. The van der Waals surface area contributed by atoms with Crippen LogP contribution in [0.4, 0.5) is 4.39 Å². The molecule has 0 radical (unpaired) electrons.